The standard InChI is InChI=1S/C15H13FN4O/c1-20-7-6-9(8-12(20)21)14-13(15(17)19-18-14)10-4-2-3-5-11(10)16/h2-8H,1H3,(H3,17,18,19). The van der Waals surface area contributed by atoms with Crippen molar-refractivity contribution in [2.75, 3.05) is 5.73 Å². The van der Waals surface area contributed by atoms with Crippen LogP contribution in [0.5, 0.6) is 0 Å². The molecule has 0 aliphatic heterocycles. The minimum Gasteiger partial charge on any atom is -0.382 e. The number of nitrogens with one attached hydrogen (secondary N) is 1. The van der Waals surface area contributed by atoms with Gasteiger partial charge in [0.1, 0.15) is 5.82 Å². The van der Waals surface area contributed by atoms with E-state index in [9.17, 15) is 9.18 Å². The van der Waals surface area contributed by atoms with Crippen LogP contribution in [-0.2, 0) is 7.05 Å². The van der Waals surface area contributed by atoms with Crippen molar-refractivity contribution in [3.63, 3.8) is 0 Å². The van der Waals surface area contributed by atoms with Crippen LogP contribution in [0.2, 0.25) is 0 Å². The molecule has 0 atom stereocenters. The Morgan fingerprint density at radius 3 is 2.76 bits per heavy atom. The van der Waals surface area contributed by atoms with Crippen molar-refractivity contribution in [1.82, 2.24) is 14.8 Å². The summed E-state index contributed by atoms with van der Waals surface area (Å²) in [7, 11) is 1.66. The molecule has 1 aromatic carbocycles. The second-order valence-electron chi connectivity index (χ2n) is 4.70. The minimum absolute atomic E-state index is 0.167. The van der Waals surface area contributed by atoms with Crippen LogP contribution in [-0.4, -0.2) is 14.8 Å². The lowest BCUT2D eigenvalue weighted by molar-refractivity contribution is 0.631. The molecule has 3 aromatic rings. The van der Waals surface area contributed by atoms with E-state index in [0.717, 1.165) is 0 Å². The molecule has 0 aliphatic carbocycles. The molecular formula is C15H13FN4O. The Morgan fingerprint density at radius 2 is 2.05 bits per heavy atom. The molecule has 2 heterocycles. The molecule has 0 unspecified atom stereocenters. The van der Waals surface area contributed by atoms with Crippen molar-refractivity contribution < 1.29 is 4.39 Å². The smallest absolute Gasteiger partial charge is 0.250 e. The number of benzene rings is 1. The van der Waals surface area contributed by atoms with Gasteiger partial charge in [-0.2, -0.15) is 5.10 Å². The Labute approximate surface area is 119 Å². The van der Waals surface area contributed by atoms with Crippen LogP contribution in [0.1, 0.15) is 0 Å². The molecule has 0 fully saturated rings. The van der Waals surface area contributed by atoms with Crippen LogP contribution >= 0.6 is 0 Å². The van der Waals surface area contributed by atoms with Crippen molar-refractivity contribution in [1.29, 1.82) is 0 Å². The number of hydrogen-bond donors (Lipinski definition) is 2. The van der Waals surface area contributed by atoms with E-state index >= 15 is 0 Å². The van der Waals surface area contributed by atoms with Crippen molar-refractivity contribution in [3.8, 4) is 22.4 Å². The van der Waals surface area contributed by atoms with Gasteiger partial charge in [-0.3, -0.25) is 9.89 Å². The Kier molecular flexibility index (Phi) is 3.06. The van der Waals surface area contributed by atoms with Crippen molar-refractivity contribution >= 4 is 5.82 Å². The molecule has 6 heteroatoms. The average molecular weight is 284 g/mol. The molecule has 3 N–H and O–H groups in total. The number of aromatic nitrogens is 3. The first-order chi connectivity index (χ1) is 10.1. The Morgan fingerprint density at radius 1 is 1.29 bits per heavy atom. The van der Waals surface area contributed by atoms with Crippen molar-refractivity contribution in [2.45, 2.75) is 0 Å². The predicted molar refractivity (Wildman–Crippen MR) is 79.1 cm³/mol. The molecule has 0 bridgehead atoms. The lowest BCUT2D eigenvalue weighted by atomic mass is 10.0. The third kappa shape index (κ3) is 2.20. The molecule has 0 spiro atoms. The molecule has 0 amide bonds. The monoisotopic (exact) mass is 284 g/mol. The molecule has 0 radical (unpaired) electrons. The molecule has 3 rings (SSSR count). The molecule has 0 saturated heterocycles. The number of rotatable bonds is 2. The van der Waals surface area contributed by atoms with Crippen molar-refractivity contribution in [3.05, 3.63) is 58.8 Å². The van der Waals surface area contributed by atoms with Crippen LogP contribution in [0.4, 0.5) is 10.2 Å². The zero-order chi connectivity index (χ0) is 15.0. The Hall–Kier alpha value is -2.89. The molecular weight excluding hydrogens is 271 g/mol. The topological polar surface area (TPSA) is 76.7 Å². The molecule has 106 valence electrons. The Balaban J connectivity index is 2.24. The fourth-order valence-electron chi connectivity index (χ4n) is 2.21. The van der Waals surface area contributed by atoms with E-state index in [2.05, 4.69) is 10.2 Å². The van der Waals surface area contributed by atoms with Crippen molar-refractivity contribution in [2.24, 2.45) is 7.05 Å². The first-order valence-electron chi connectivity index (χ1n) is 6.33. The summed E-state index contributed by atoms with van der Waals surface area (Å²) in [6.45, 7) is 0. The predicted octanol–water partition coefficient (Wildman–Crippen LogP) is 2.16. The number of anilines is 1. The summed E-state index contributed by atoms with van der Waals surface area (Å²) in [5.41, 5.74) is 7.63. The number of aromatic amines is 1. The highest BCUT2D eigenvalue weighted by atomic mass is 19.1. The van der Waals surface area contributed by atoms with Crippen LogP contribution in [0.15, 0.2) is 47.4 Å². The number of H-pyrrole nitrogens is 1. The molecule has 21 heavy (non-hydrogen) atoms. The number of nitrogen functional groups attached to an aromatic ring is 1. The SMILES string of the molecule is Cn1ccc(-c2[nH]nc(N)c2-c2ccccc2F)cc1=O. The van der Waals surface area contributed by atoms with Gasteiger partial charge in [0, 0.05) is 30.4 Å². The second kappa shape index (κ2) is 4.90. The maximum absolute atomic E-state index is 14.0. The van der Waals surface area contributed by atoms with Crippen LogP contribution in [0.3, 0.4) is 0 Å². The van der Waals surface area contributed by atoms with E-state index in [0.29, 0.717) is 22.4 Å². The highest BCUT2D eigenvalue weighted by Crippen LogP contribution is 2.35. The number of halogens is 1. The number of pyridine rings is 1. The lowest BCUT2D eigenvalue weighted by Gasteiger charge is -2.06. The molecule has 5 nitrogen and oxygen atoms in total. The lowest BCUT2D eigenvalue weighted by Crippen LogP contribution is -2.14. The van der Waals surface area contributed by atoms with Gasteiger partial charge in [-0.05, 0) is 12.1 Å². The van der Waals surface area contributed by atoms with E-state index in [1.165, 1.54) is 16.7 Å². The fourth-order valence-corrected chi connectivity index (χ4v) is 2.21. The van der Waals surface area contributed by atoms with Gasteiger partial charge in [0.05, 0.1) is 11.3 Å². The van der Waals surface area contributed by atoms with E-state index in [4.69, 9.17) is 5.73 Å². The number of nitrogens with two attached hydrogens (primary N) is 1. The van der Waals surface area contributed by atoms with E-state index in [-0.39, 0.29) is 11.4 Å². The van der Waals surface area contributed by atoms with E-state index in [1.54, 1.807) is 37.5 Å². The fraction of sp³-hybridized carbons (Fsp3) is 0.0667. The van der Waals surface area contributed by atoms with Gasteiger partial charge < -0.3 is 10.3 Å². The second-order valence-corrected chi connectivity index (χ2v) is 4.70. The summed E-state index contributed by atoms with van der Waals surface area (Å²) < 4.78 is 15.5. The van der Waals surface area contributed by atoms with Gasteiger partial charge in [0.25, 0.3) is 5.56 Å². The largest absolute Gasteiger partial charge is 0.382 e. The van der Waals surface area contributed by atoms with Gasteiger partial charge in [0.2, 0.25) is 0 Å². The average Bonchev–Trinajstić information content (AvgIpc) is 2.84. The van der Waals surface area contributed by atoms with Gasteiger partial charge in [-0.1, -0.05) is 18.2 Å². The van der Waals surface area contributed by atoms with Gasteiger partial charge in [0.15, 0.2) is 5.82 Å². The summed E-state index contributed by atoms with van der Waals surface area (Å²) in [5, 5.41) is 6.71. The summed E-state index contributed by atoms with van der Waals surface area (Å²) in [6, 6.07) is 9.51. The van der Waals surface area contributed by atoms with E-state index in [1.807, 2.05) is 0 Å². The zero-order valence-corrected chi connectivity index (χ0v) is 11.3. The third-order valence-corrected chi connectivity index (χ3v) is 3.33. The number of hydrogen-bond acceptors (Lipinski definition) is 3. The normalized spacial score (nSPS) is 10.8. The summed E-state index contributed by atoms with van der Waals surface area (Å²) in [5.74, 6) is -0.202. The summed E-state index contributed by atoms with van der Waals surface area (Å²) in [6.07, 6.45) is 1.64. The third-order valence-electron chi connectivity index (χ3n) is 3.33. The maximum atomic E-state index is 14.0. The van der Waals surface area contributed by atoms with Gasteiger partial charge in [-0.25, -0.2) is 4.39 Å². The Bertz CT molecular complexity index is 866. The quantitative estimate of drug-likeness (QED) is 0.757. The van der Waals surface area contributed by atoms with E-state index < -0.39 is 5.82 Å². The van der Waals surface area contributed by atoms with Crippen LogP contribution in [0.25, 0.3) is 22.4 Å². The first-order valence-corrected chi connectivity index (χ1v) is 6.33. The molecule has 2 aromatic heterocycles. The summed E-state index contributed by atoms with van der Waals surface area (Å²) >= 11 is 0. The number of nitrogens with zero attached hydrogens (tertiary/aromatic N) is 2. The molecule has 0 saturated carbocycles. The van der Waals surface area contributed by atoms with Gasteiger partial charge >= 0.3 is 0 Å². The maximum Gasteiger partial charge on any atom is 0.250 e. The molecule has 0 aliphatic rings. The first kappa shape index (κ1) is 13.1. The highest BCUT2D eigenvalue weighted by Gasteiger charge is 2.17. The van der Waals surface area contributed by atoms with Gasteiger partial charge in [-0.15, -0.1) is 0 Å². The summed E-state index contributed by atoms with van der Waals surface area (Å²) in [4.78, 5) is 11.8. The van der Waals surface area contributed by atoms with Crippen LogP contribution < -0.4 is 11.3 Å². The number of aryl methyl sites for hydroxylation is 1. The zero-order valence-electron chi connectivity index (χ0n) is 11.3. The minimum atomic E-state index is -0.393. The van der Waals surface area contributed by atoms with Crippen LogP contribution in [0, 0.1) is 5.82 Å². The highest BCUT2D eigenvalue weighted by molar-refractivity contribution is 5.87.